The summed E-state index contributed by atoms with van der Waals surface area (Å²) in [5.74, 6) is -1.68. The van der Waals surface area contributed by atoms with E-state index in [4.69, 9.17) is 17.3 Å². The van der Waals surface area contributed by atoms with Gasteiger partial charge in [0.05, 0.1) is 4.75 Å². The molecule has 142 valence electrons. The van der Waals surface area contributed by atoms with Gasteiger partial charge in [-0.05, 0) is 32.4 Å². The Labute approximate surface area is 163 Å². The van der Waals surface area contributed by atoms with Crippen molar-refractivity contribution in [1.82, 2.24) is 16.0 Å². The molecule has 0 unspecified atom stereocenters. The molecule has 0 aliphatic carbocycles. The van der Waals surface area contributed by atoms with Gasteiger partial charge in [-0.2, -0.15) is 12.6 Å². The number of thiocarbonyl (C=S) groups is 1. The summed E-state index contributed by atoms with van der Waals surface area (Å²) in [4.78, 5) is 34.4. The summed E-state index contributed by atoms with van der Waals surface area (Å²) in [6.07, 6.45) is 0.700. The van der Waals surface area contributed by atoms with Gasteiger partial charge in [0.1, 0.15) is 11.5 Å². The highest BCUT2D eigenvalue weighted by molar-refractivity contribution is 7.82. The van der Waals surface area contributed by atoms with Gasteiger partial charge in [0.2, 0.25) is 5.91 Å². The number of hydrogen-bond acceptors (Lipinski definition) is 5. The minimum atomic E-state index is -1.10. The van der Waals surface area contributed by atoms with Crippen LogP contribution >= 0.6 is 24.8 Å². The number of amides is 2. The second-order valence-electron chi connectivity index (χ2n) is 6.08. The molecule has 1 aromatic rings. The quantitative estimate of drug-likeness (QED) is 0.242. The van der Waals surface area contributed by atoms with E-state index in [0.29, 0.717) is 30.1 Å². The summed E-state index contributed by atoms with van der Waals surface area (Å²) < 4.78 is -0.707. The Hall–Kier alpha value is -2.13. The zero-order valence-electron chi connectivity index (χ0n) is 14.7. The molecule has 0 heterocycles. The number of hydrogen-bond donors (Lipinski definition) is 5. The number of carbonyl (C=O) groups is 3. The van der Waals surface area contributed by atoms with Gasteiger partial charge < -0.3 is 21.1 Å². The van der Waals surface area contributed by atoms with E-state index in [1.807, 2.05) is 0 Å². The van der Waals surface area contributed by atoms with Crippen LogP contribution in [0.2, 0.25) is 0 Å². The number of benzene rings is 1. The third-order valence-corrected chi connectivity index (χ3v) is 3.87. The van der Waals surface area contributed by atoms with Gasteiger partial charge in [0.15, 0.2) is 0 Å². The fraction of sp³-hybridized carbons (Fsp3) is 0.412. The molecule has 1 rings (SSSR count). The molecule has 26 heavy (non-hydrogen) atoms. The normalized spacial score (nSPS) is 10.7. The molecule has 2 amide bonds. The number of carbonyl (C=O) groups excluding carboxylic acids is 2. The molecule has 9 heteroatoms. The maximum atomic E-state index is 11.7. The van der Waals surface area contributed by atoms with Crippen molar-refractivity contribution >= 4 is 47.6 Å². The molecule has 4 N–H and O–H groups in total. The summed E-state index contributed by atoms with van der Waals surface area (Å²) >= 11 is 9.48. The van der Waals surface area contributed by atoms with Gasteiger partial charge >= 0.3 is 5.97 Å². The van der Waals surface area contributed by atoms with Crippen LogP contribution in [-0.4, -0.2) is 52.3 Å². The average Bonchev–Trinajstić information content (AvgIpc) is 2.58. The Bertz CT molecular complexity index is 670. The van der Waals surface area contributed by atoms with Crippen molar-refractivity contribution in [3.63, 3.8) is 0 Å². The van der Waals surface area contributed by atoms with E-state index >= 15 is 0 Å². The zero-order chi connectivity index (χ0) is 19.7. The topological polar surface area (TPSA) is 108 Å². The molecular formula is C17H23N3O4S2. The molecule has 0 aliphatic heterocycles. The predicted molar refractivity (Wildman–Crippen MR) is 107 cm³/mol. The average molecular weight is 398 g/mol. The van der Waals surface area contributed by atoms with E-state index in [-0.39, 0.29) is 5.91 Å². The van der Waals surface area contributed by atoms with E-state index in [2.05, 4.69) is 28.6 Å². The molecule has 0 fully saturated rings. The molecule has 0 aliphatic rings. The van der Waals surface area contributed by atoms with E-state index in [0.717, 1.165) is 5.56 Å². The number of aliphatic carboxylic acids is 1. The molecule has 7 nitrogen and oxygen atoms in total. The molecule has 0 radical (unpaired) electrons. The van der Waals surface area contributed by atoms with Crippen LogP contribution in [0.15, 0.2) is 24.3 Å². The van der Waals surface area contributed by atoms with E-state index in [1.165, 1.54) is 0 Å². The van der Waals surface area contributed by atoms with Crippen LogP contribution in [-0.2, 0) is 9.59 Å². The van der Waals surface area contributed by atoms with Crippen molar-refractivity contribution in [3.05, 3.63) is 35.4 Å². The summed E-state index contributed by atoms with van der Waals surface area (Å²) in [6.45, 7) is 4.13. The predicted octanol–water partition coefficient (Wildman–Crippen LogP) is 0.981. The molecular weight excluding hydrogens is 374 g/mol. The lowest BCUT2D eigenvalue weighted by molar-refractivity contribution is -0.135. The molecule has 0 saturated carbocycles. The van der Waals surface area contributed by atoms with Gasteiger partial charge in [-0.3, -0.25) is 14.4 Å². The van der Waals surface area contributed by atoms with Crippen molar-refractivity contribution < 1.29 is 19.5 Å². The second-order valence-corrected chi connectivity index (χ2v) is 7.60. The van der Waals surface area contributed by atoms with Gasteiger partial charge in [-0.1, -0.05) is 24.4 Å². The van der Waals surface area contributed by atoms with Crippen LogP contribution in [0, 0.1) is 0 Å². The summed E-state index contributed by atoms with van der Waals surface area (Å²) in [7, 11) is 0. The first-order valence-electron chi connectivity index (χ1n) is 8.00. The maximum Gasteiger partial charge on any atom is 0.322 e. The number of carboxylic acid groups (broad SMARTS) is 1. The number of thiol groups is 1. The van der Waals surface area contributed by atoms with E-state index in [9.17, 15) is 14.4 Å². The molecule has 1 aromatic carbocycles. The first-order valence-corrected chi connectivity index (χ1v) is 8.85. The molecule has 0 spiro atoms. The first kappa shape index (κ1) is 21.9. The summed E-state index contributed by atoms with van der Waals surface area (Å²) in [5, 5.41) is 16.7. The Morgan fingerprint density at radius 3 is 2.12 bits per heavy atom. The molecule has 0 aromatic heterocycles. The standard InChI is InChI=1S/C17H23N3O4S2/c1-17(2,26)16(24)19-9-3-8-18-15(25)12-6-4-11(5-7-12)14(23)20-10-13(21)22/h4-7,26H,3,8-10H2,1-2H3,(H,18,25)(H,19,24)(H,20,23)(H,21,22). The van der Waals surface area contributed by atoms with E-state index in [1.54, 1.807) is 38.1 Å². The lowest BCUT2D eigenvalue weighted by atomic mass is 10.1. The fourth-order valence-electron chi connectivity index (χ4n) is 1.84. The van der Waals surface area contributed by atoms with Crippen molar-refractivity contribution in [3.8, 4) is 0 Å². The highest BCUT2D eigenvalue weighted by Crippen LogP contribution is 2.10. The van der Waals surface area contributed by atoms with Gasteiger partial charge in [-0.25, -0.2) is 0 Å². The van der Waals surface area contributed by atoms with Crippen molar-refractivity contribution in [2.45, 2.75) is 25.0 Å². The fourth-order valence-corrected chi connectivity index (χ4v) is 2.16. The Balaban J connectivity index is 2.38. The number of nitrogens with one attached hydrogen (secondary N) is 3. The van der Waals surface area contributed by atoms with Crippen LogP contribution in [0.3, 0.4) is 0 Å². The minimum absolute atomic E-state index is 0.125. The molecule has 0 saturated heterocycles. The van der Waals surface area contributed by atoms with Crippen LogP contribution in [0.1, 0.15) is 36.2 Å². The lowest BCUT2D eigenvalue weighted by Crippen LogP contribution is -2.39. The van der Waals surface area contributed by atoms with Crippen LogP contribution in [0.25, 0.3) is 0 Å². The Kier molecular flexibility index (Phi) is 8.53. The maximum absolute atomic E-state index is 11.7. The van der Waals surface area contributed by atoms with Gasteiger partial charge in [0.25, 0.3) is 5.91 Å². The zero-order valence-corrected chi connectivity index (χ0v) is 16.4. The number of rotatable bonds is 9. The first-order chi connectivity index (χ1) is 12.1. The molecule has 0 atom stereocenters. The Morgan fingerprint density at radius 2 is 1.58 bits per heavy atom. The highest BCUT2D eigenvalue weighted by Gasteiger charge is 2.21. The lowest BCUT2D eigenvalue weighted by Gasteiger charge is -2.16. The third kappa shape index (κ3) is 7.83. The Morgan fingerprint density at radius 1 is 1.04 bits per heavy atom. The number of carboxylic acids is 1. The minimum Gasteiger partial charge on any atom is -0.480 e. The van der Waals surface area contributed by atoms with Crippen molar-refractivity contribution in [2.75, 3.05) is 19.6 Å². The summed E-state index contributed by atoms with van der Waals surface area (Å²) in [6, 6.07) is 6.54. The SMILES string of the molecule is CC(C)(S)C(=O)NCCCNC(=S)c1ccc(C(=O)NCC(=O)O)cc1. The monoisotopic (exact) mass is 397 g/mol. The van der Waals surface area contributed by atoms with Gasteiger partial charge in [-0.15, -0.1) is 0 Å². The largest absolute Gasteiger partial charge is 0.480 e. The smallest absolute Gasteiger partial charge is 0.322 e. The van der Waals surface area contributed by atoms with E-state index < -0.39 is 23.2 Å². The van der Waals surface area contributed by atoms with Crippen LogP contribution in [0.5, 0.6) is 0 Å². The highest BCUT2D eigenvalue weighted by atomic mass is 32.1. The second kappa shape index (κ2) is 10.1. The van der Waals surface area contributed by atoms with Crippen molar-refractivity contribution in [2.24, 2.45) is 0 Å². The molecule has 0 bridgehead atoms. The van der Waals surface area contributed by atoms with Crippen LogP contribution < -0.4 is 16.0 Å². The van der Waals surface area contributed by atoms with Crippen molar-refractivity contribution in [1.29, 1.82) is 0 Å². The van der Waals surface area contributed by atoms with Gasteiger partial charge in [0, 0.05) is 24.2 Å². The van der Waals surface area contributed by atoms with Crippen LogP contribution in [0.4, 0.5) is 0 Å². The summed E-state index contributed by atoms with van der Waals surface area (Å²) in [5.41, 5.74) is 1.10. The third-order valence-electron chi connectivity index (χ3n) is 3.29.